The Hall–Kier alpha value is -2.67. The molecule has 2 N–H and O–H groups in total. The maximum absolute atomic E-state index is 13.1. The molecule has 0 bridgehead atoms. The minimum atomic E-state index is -3.86. The predicted molar refractivity (Wildman–Crippen MR) is 109 cm³/mol. The fraction of sp³-hybridized carbons (Fsp3) is 0.333. The number of hydrogen-bond acceptors (Lipinski definition) is 4. The molecule has 7 heteroatoms. The molecule has 0 saturated carbocycles. The molecule has 0 spiro atoms. The molecule has 0 aliphatic heterocycles. The molecular weight excluding hydrogens is 376 g/mol. The van der Waals surface area contributed by atoms with Gasteiger partial charge in [0.2, 0.25) is 15.7 Å². The fourth-order valence-electron chi connectivity index (χ4n) is 2.50. The topological polar surface area (TPSA) is 92.3 Å². The Labute approximate surface area is 166 Å². The van der Waals surface area contributed by atoms with E-state index in [0.717, 1.165) is 12.0 Å². The van der Waals surface area contributed by atoms with Crippen LogP contribution in [0.1, 0.15) is 49.5 Å². The Morgan fingerprint density at radius 2 is 1.68 bits per heavy atom. The number of anilines is 1. The van der Waals surface area contributed by atoms with Gasteiger partial charge in [0, 0.05) is 18.0 Å². The van der Waals surface area contributed by atoms with Crippen molar-refractivity contribution in [3.63, 3.8) is 0 Å². The number of carbonyl (C=O) groups is 2. The molecule has 0 aromatic heterocycles. The third-order valence-electron chi connectivity index (χ3n) is 4.45. The minimum Gasteiger partial charge on any atom is -0.350 e. The summed E-state index contributed by atoms with van der Waals surface area (Å²) in [6, 6.07) is 10.7. The van der Waals surface area contributed by atoms with Crippen molar-refractivity contribution in [2.75, 3.05) is 5.32 Å². The van der Waals surface area contributed by atoms with Gasteiger partial charge in [-0.25, -0.2) is 8.42 Å². The number of benzene rings is 2. The first kappa shape index (κ1) is 21.6. The van der Waals surface area contributed by atoms with Gasteiger partial charge in [0.05, 0.1) is 15.5 Å². The lowest BCUT2D eigenvalue weighted by molar-refractivity contribution is -0.115. The molecule has 28 heavy (non-hydrogen) atoms. The number of hydrogen-bond donors (Lipinski definition) is 2. The molecule has 2 rings (SSSR count). The summed E-state index contributed by atoms with van der Waals surface area (Å²) in [4.78, 5) is 24.4. The van der Waals surface area contributed by atoms with E-state index in [1.807, 2.05) is 20.8 Å². The summed E-state index contributed by atoms with van der Waals surface area (Å²) in [7, 11) is -3.86. The van der Waals surface area contributed by atoms with Crippen LogP contribution in [0.5, 0.6) is 0 Å². The summed E-state index contributed by atoms with van der Waals surface area (Å²) in [5.41, 5.74) is 1.33. The first-order chi connectivity index (χ1) is 13.2. The van der Waals surface area contributed by atoms with Crippen molar-refractivity contribution < 1.29 is 18.0 Å². The van der Waals surface area contributed by atoms with Gasteiger partial charge in [-0.3, -0.25) is 9.59 Å². The molecule has 2 aromatic carbocycles. The van der Waals surface area contributed by atoms with Crippen molar-refractivity contribution in [3.05, 3.63) is 53.6 Å². The van der Waals surface area contributed by atoms with Gasteiger partial charge in [-0.2, -0.15) is 0 Å². The van der Waals surface area contributed by atoms with Crippen molar-refractivity contribution in [1.82, 2.24) is 5.32 Å². The van der Waals surface area contributed by atoms with E-state index in [0.29, 0.717) is 0 Å². The molecule has 2 amide bonds. The highest BCUT2D eigenvalue weighted by molar-refractivity contribution is 7.91. The highest BCUT2D eigenvalue weighted by atomic mass is 32.2. The van der Waals surface area contributed by atoms with Gasteiger partial charge in [0.1, 0.15) is 0 Å². The van der Waals surface area contributed by atoms with E-state index >= 15 is 0 Å². The number of aryl methyl sites for hydroxylation is 1. The van der Waals surface area contributed by atoms with Crippen LogP contribution in [0, 0.1) is 6.92 Å². The Bertz CT molecular complexity index is 966. The van der Waals surface area contributed by atoms with Crippen LogP contribution in [0.25, 0.3) is 0 Å². The molecule has 0 fully saturated rings. The van der Waals surface area contributed by atoms with Gasteiger partial charge in [0.25, 0.3) is 5.91 Å². The number of amides is 2. The van der Waals surface area contributed by atoms with E-state index in [1.54, 1.807) is 19.1 Å². The van der Waals surface area contributed by atoms with Crippen LogP contribution in [0.2, 0.25) is 0 Å². The molecule has 1 atom stereocenters. The lowest BCUT2D eigenvalue weighted by Gasteiger charge is -2.15. The van der Waals surface area contributed by atoms with Crippen LogP contribution in [-0.4, -0.2) is 26.3 Å². The van der Waals surface area contributed by atoms with E-state index in [1.165, 1.54) is 30.3 Å². The molecule has 0 radical (unpaired) electrons. The first-order valence-corrected chi connectivity index (χ1v) is 10.7. The Balaban J connectivity index is 2.52. The molecule has 0 aliphatic carbocycles. The van der Waals surface area contributed by atoms with Gasteiger partial charge in [-0.15, -0.1) is 0 Å². The van der Waals surface area contributed by atoms with Crippen LogP contribution in [0.15, 0.2) is 52.3 Å². The fourth-order valence-corrected chi connectivity index (χ4v) is 3.89. The maximum Gasteiger partial charge on any atom is 0.251 e. The van der Waals surface area contributed by atoms with Crippen LogP contribution in [0.3, 0.4) is 0 Å². The van der Waals surface area contributed by atoms with Crippen molar-refractivity contribution in [3.8, 4) is 0 Å². The second-order valence-electron chi connectivity index (χ2n) is 6.71. The molecule has 2 aromatic rings. The van der Waals surface area contributed by atoms with Gasteiger partial charge in [-0.05, 0) is 50.6 Å². The van der Waals surface area contributed by atoms with Crippen LogP contribution in [-0.2, 0) is 14.6 Å². The van der Waals surface area contributed by atoms with E-state index in [-0.39, 0.29) is 45.3 Å². The van der Waals surface area contributed by atoms with Crippen molar-refractivity contribution in [2.45, 2.75) is 56.4 Å². The smallest absolute Gasteiger partial charge is 0.251 e. The predicted octanol–water partition coefficient (Wildman–Crippen LogP) is 3.70. The number of carbonyl (C=O) groups excluding carboxylic acids is 2. The zero-order valence-electron chi connectivity index (χ0n) is 16.6. The zero-order valence-corrected chi connectivity index (χ0v) is 17.4. The van der Waals surface area contributed by atoms with Gasteiger partial charge in [0.15, 0.2) is 0 Å². The summed E-state index contributed by atoms with van der Waals surface area (Å²) in [6.45, 7) is 7.37. The molecule has 0 unspecified atom stereocenters. The Kier molecular flexibility index (Phi) is 6.96. The molecule has 0 aliphatic rings. The first-order valence-electron chi connectivity index (χ1n) is 9.25. The van der Waals surface area contributed by atoms with Crippen LogP contribution >= 0.6 is 0 Å². The SMILES string of the molecule is CCC(=O)Nc1cc(C(=O)N[C@@H](C)CC)ccc1S(=O)(=O)c1ccc(C)cc1. The van der Waals surface area contributed by atoms with Crippen molar-refractivity contribution >= 4 is 27.3 Å². The Morgan fingerprint density at radius 1 is 1.04 bits per heavy atom. The normalized spacial score (nSPS) is 12.3. The number of sulfone groups is 1. The average molecular weight is 403 g/mol. The summed E-state index contributed by atoms with van der Waals surface area (Å²) >= 11 is 0. The lowest BCUT2D eigenvalue weighted by Crippen LogP contribution is -2.32. The summed E-state index contributed by atoms with van der Waals surface area (Å²) < 4.78 is 26.2. The summed E-state index contributed by atoms with van der Waals surface area (Å²) in [5.74, 6) is -0.652. The van der Waals surface area contributed by atoms with E-state index in [9.17, 15) is 18.0 Å². The standard InChI is InChI=1S/C21H26N2O4S/c1-5-15(4)22-21(25)16-9-12-19(18(13-16)23-20(24)6-2)28(26,27)17-10-7-14(3)8-11-17/h7-13,15H,5-6H2,1-4H3,(H,22,25)(H,23,24)/t15-/m0/s1. The molecule has 150 valence electrons. The second-order valence-corrected chi connectivity index (χ2v) is 8.63. The van der Waals surface area contributed by atoms with Crippen LogP contribution in [0.4, 0.5) is 5.69 Å². The van der Waals surface area contributed by atoms with Gasteiger partial charge in [-0.1, -0.05) is 31.5 Å². The molecule has 0 saturated heterocycles. The van der Waals surface area contributed by atoms with Crippen molar-refractivity contribution in [1.29, 1.82) is 0 Å². The zero-order chi connectivity index (χ0) is 20.9. The third kappa shape index (κ3) is 4.98. The highest BCUT2D eigenvalue weighted by Crippen LogP contribution is 2.29. The summed E-state index contributed by atoms with van der Waals surface area (Å²) in [6.07, 6.45) is 0.957. The quantitative estimate of drug-likeness (QED) is 0.738. The van der Waals surface area contributed by atoms with Crippen molar-refractivity contribution in [2.24, 2.45) is 0 Å². The highest BCUT2D eigenvalue weighted by Gasteiger charge is 2.23. The monoisotopic (exact) mass is 402 g/mol. The molecule has 0 heterocycles. The van der Waals surface area contributed by atoms with E-state index in [2.05, 4.69) is 10.6 Å². The molecule has 6 nitrogen and oxygen atoms in total. The van der Waals surface area contributed by atoms with Gasteiger partial charge < -0.3 is 10.6 Å². The lowest BCUT2D eigenvalue weighted by atomic mass is 10.1. The van der Waals surface area contributed by atoms with E-state index in [4.69, 9.17) is 0 Å². The minimum absolute atomic E-state index is 0.0165. The summed E-state index contributed by atoms with van der Waals surface area (Å²) in [5, 5.41) is 5.45. The number of nitrogens with one attached hydrogen (secondary N) is 2. The third-order valence-corrected chi connectivity index (χ3v) is 6.28. The van der Waals surface area contributed by atoms with Crippen LogP contribution < -0.4 is 10.6 Å². The second kappa shape index (κ2) is 9.01. The maximum atomic E-state index is 13.1. The Morgan fingerprint density at radius 3 is 2.25 bits per heavy atom. The van der Waals surface area contributed by atoms with E-state index < -0.39 is 9.84 Å². The largest absolute Gasteiger partial charge is 0.350 e. The number of rotatable bonds is 7. The average Bonchev–Trinajstić information content (AvgIpc) is 2.67. The molecular formula is C21H26N2O4S. The van der Waals surface area contributed by atoms with Gasteiger partial charge >= 0.3 is 0 Å².